The van der Waals surface area contributed by atoms with Gasteiger partial charge in [0, 0.05) is 19.1 Å². The summed E-state index contributed by atoms with van der Waals surface area (Å²) in [4.78, 5) is 12.2. The van der Waals surface area contributed by atoms with Crippen LogP contribution >= 0.6 is 11.3 Å². The predicted molar refractivity (Wildman–Crippen MR) is 94.3 cm³/mol. The van der Waals surface area contributed by atoms with Crippen LogP contribution in [-0.2, 0) is 17.8 Å². The van der Waals surface area contributed by atoms with E-state index in [2.05, 4.69) is 15.5 Å². The van der Waals surface area contributed by atoms with Crippen molar-refractivity contribution in [3.8, 4) is 0 Å². The number of nitrogens with one attached hydrogen (secondary N) is 1. The molecule has 6 heteroatoms. The quantitative estimate of drug-likeness (QED) is 0.746. The fraction of sp³-hybridized carbons (Fsp3) is 0.167. The number of amides is 1. The van der Waals surface area contributed by atoms with Crippen LogP contribution in [0.2, 0.25) is 0 Å². The van der Waals surface area contributed by atoms with Crippen molar-refractivity contribution in [3.63, 3.8) is 0 Å². The van der Waals surface area contributed by atoms with E-state index in [-0.39, 0.29) is 5.91 Å². The van der Waals surface area contributed by atoms with Gasteiger partial charge in [0.15, 0.2) is 0 Å². The average Bonchev–Trinajstić information content (AvgIpc) is 3.03. The maximum absolute atomic E-state index is 12.2. The number of benzene rings is 2. The number of methoxy groups -OCH3 is 1. The number of anilines is 1. The largest absolute Gasteiger partial charge is 0.380 e. The van der Waals surface area contributed by atoms with E-state index in [0.717, 1.165) is 10.6 Å². The molecule has 3 aromatic rings. The lowest BCUT2D eigenvalue weighted by atomic mass is 10.1. The minimum absolute atomic E-state index is 0.193. The van der Waals surface area contributed by atoms with Gasteiger partial charge >= 0.3 is 0 Å². The molecule has 0 saturated carbocycles. The van der Waals surface area contributed by atoms with Gasteiger partial charge in [0.2, 0.25) is 5.13 Å². The second kappa shape index (κ2) is 7.81. The maximum Gasteiger partial charge on any atom is 0.257 e. The third-order valence-electron chi connectivity index (χ3n) is 3.41. The highest BCUT2D eigenvalue weighted by molar-refractivity contribution is 7.15. The fourth-order valence-corrected chi connectivity index (χ4v) is 3.00. The topological polar surface area (TPSA) is 64.1 Å². The summed E-state index contributed by atoms with van der Waals surface area (Å²) < 4.78 is 5.06. The van der Waals surface area contributed by atoms with Crippen molar-refractivity contribution in [1.82, 2.24) is 10.2 Å². The van der Waals surface area contributed by atoms with E-state index in [4.69, 9.17) is 4.74 Å². The first kappa shape index (κ1) is 16.3. The zero-order chi connectivity index (χ0) is 16.8. The minimum atomic E-state index is -0.193. The van der Waals surface area contributed by atoms with Crippen LogP contribution in [0.25, 0.3) is 0 Å². The summed E-state index contributed by atoms with van der Waals surface area (Å²) >= 11 is 1.39. The van der Waals surface area contributed by atoms with E-state index in [0.29, 0.717) is 23.7 Å². The van der Waals surface area contributed by atoms with E-state index < -0.39 is 0 Å². The smallest absolute Gasteiger partial charge is 0.257 e. The molecule has 0 saturated heterocycles. The number of hydrogen-bond acceptors (Lipinski definition) is 5. The van der Waals surface area contributed by atoms with Crippen LogP contribution < -0.4 is 5.32 Å². The molecule has 0 spiro atoms. The summed E-state index contributed by atoms with van der Waals surface area (Å²) in [5.74, 6) is -0.193. The number of rotatable bonds is 6. The molecule has 0 aliphatic carbocycles. The summed E-state index contributed by atoms with van der Waals surface area (Å²) in [5.41, 5.74) is 2.77. The third kappa shape index (κ3) is 4.24. The summed E-state index contributed by atoms with van der Waals surface area (Å²) in [6.45, 7) is 0.529. The number of carbonyl (C=O) groups excluding carboxylic acids is 1. The molecule has 1 amide bonds. The Morgan fingerprint density at radius 1 is 1.04 bits per heavy atom. The molecule has 0 aliphatic heterocycles. The molecule has 122 valence electrons. The molecule has 1 aromatic heterocycles. The highest BCUT2D eigenvalue weighted by atomic mass is 32.1. The number of carbonyl (C=O) groups is 1. The van der Waals surface area contributed by atoms with Crippen molar-refractivity contribution in [2.24, 2.45) is 0 Å². The first-order chi connectivity index (χ1) is 11.7. The molecular formula is C18H17N3O2S. The van der Waals surface area contributed by atoms with Gasteiger partial charge in [0.1, 0.15) is 5.01 Å². The highest BCUT2D eigenvalue weighted by Gasteiger charge is 2.10. The Labute approximate surface area is 144 Å². The van der Waals surface area contributed by atoms with Gasteiger partial charge in [-0.3, -0.25) is 10.1 Å². The zero-order valence-corrected chi connectivity index (χ0v) is 14.0. The molecule has 3 rings (SSSR count). The number of nitrogens with zero attached hydrogens (tertiary/aromatic N) is 2. The maximum atomic E-state index is 12.2. The molecule has 24 heavy (non-hydrogen) atoms. The normalized spacial score (nSPS) is 10.5. The predicted octanol–water partition coefficient (Wildman–Crippen LogP) is 3.53. The van der Waals surface area contributed by atoms with Gasteiger partial charge in [0.05, 0.1) is 6.61 Å². The summed E-state index contributed by atoms with van der Waals surface area (Å²) in [5, 5.41) is 12.3. The fourth-order valence-electron chi connectivity index (χ4n) is 2.23. The van der Waals surface area contributed by atoms with Crippen molar-refractivity contribution in [1.29, 1.82) is 0 Å². The summed E-state index contributed by atoms with van der Waals surface area (Å²) in [6, 6.07) is 17.3. The molecule has 0 aliphatic rings. The molecule has 0 unspecified atom stereocenters. The van der Waals surface area contributed by atoms with E-state index in [9.17, 15) is 4.79 Å². The Balaban J connectivity index is 1.62. The van der Waals surface area contributed by atoms with Crippen LogP contribution in [0.1, 0.15) is 26.5 Å². The van der Waals surface area contributed by atoms with E-state index >= 15 is 0 Å². The SMILES string of the molecule is COCc1ccc(C(=O)Nc2nnc(Cc3ccccc3)s2)cc1. The minimum Gasteiger partial charge on any atom is -0.380 e. The molecule has 5 nitrogen and oxygen atoms in total. The molecule has 2 aromatic carbocycles. The third-order valence-corrected chi connectivity index (χ3v) is 4.25. The number of hydrogen-bond donors (Lipinski definition) is 1. The van der Waals surface area contributed by atoms with E-state index in [1.807, 2.05) is 42.5 Å². The van der Waals surface area contributed by atoms with Crippen LogP contribution in [0.4, 0.5) is 5.13 Å². The summed E-state index contributed by atoms with van der Waals surface area (Å²) in [6.07, 6.45) is 0.708. The standard InChI is InChI=1S/C18H17N3O2S/c1-23-12-14-7-9-15(10-8-14)17(22)19-18-21-20-16(24-18)11-13-5-3-2-4-6-13/h2-10H,11-12H2,1H3,(H,19,21,22). The van der Waals surface area contributed by atoms with Gasteiger partial charge in [-0.05, 0) is 23.3 Å². The molecular weight excluding hydrogens is 322 g/mol. The van der Waals surface area contributed by atoms with Crippen LogP contribution in [0.3, 0.4) is 0 Å². The Bertz CT molecular complexity index is 801. The van der Waals surface area contributed by atoms with Crippen LogP contribution in [0.5, 0.6) is 0 Å². The lowest BCUT2D eigenvalue weighted by Gasteiger charge is -2.03. The van der Waals surface area contributed by atoms with Crippen molar-refractivity contribution in [2.45, 2.75) is 13.0 Å². The second-order valence-electron chi connectivity index (χ2n) is 5.25. The van der Waals surface area contributed by atoms with Crippen LogP contribution in [0.15, 0.2) is 54.6 Å². The molecule has 0 fully saturated rings. The van der Waals surface area contributed by atoms with Gasteiger partial charge in [-0.1, -0.05) is 53.8 Å². The Kier molecular flexibility index (Phi) is 5.30. The molecule has 0 radical (unpaired) electrons. The highest BCUT2D eigenvalue weighted by Crippen LogP contribution is 2.19. The molecule has 0 atom stereocenters. The van der Waals surface area contributed by atoms with Crippen molar-refractivity contribution in [2.75, 3.05) is 12.4 Å². The van der Waals surface area contributed by atoms with Gasteiger partial charge in [-0.2, -0.15) is 0 Å². The Hall–Kier alpha value is -2.57. The van der Waals surface area contributed by atoms with Gasteiger partial charge in [0.25, 0.3) is 5.91 Å². The lowest BCUT2D eigenvalue weighted by Crippen LogP contribution is -2.11. The van der Waals surface area contributed by atoms with Gasteiger partial charge < -0.3 is 4.74 Å². The monoisotopic (exact) mass is 339 g/mol. The van der Waals surface area contributed by atoms with E-state index in [1.54, 1.807) is 19.2 Å². The Morgan fingerprint density at radius 3 is 2.50 bits per heavy atom. The molecule has 1 N–H and O–H groups in total. The van der Waals surface area contributed by atoms with Gasteiger partial charge in [-0.15, -0.1) is 10.2 Å². The first-order valence-corrected chi connectivity index (χ1v) is 8.32. The van der Waals surface area contributed by atoms with Crippen molar-refractivity contribution in [3.05, 3.63) is 76.3 Å². The number of ether oxygens (including phenoxy) is 1. The van der Waals surface area contributed by atoms with Crippen molar-refractivity contribution < 1.29 is 9.53 Å². The van der Waals surface area contributed by atoms with E-state index in [1.165, 1.54) is 16.9 Å². The molecule has 0 bridgehead atoms. The zero-order valence-electron chi connectivity index (χ0n) is 13.2. The van der Waals surface area contributed by atoms with Crippen LogP contribution in [-0.4, -0.2) is 23.2 Å². The second-order valence-corrected chi connectivity index (χ2v) is 6.31. The molecule has 1 heterocycles. The first-order valence-electron chi connectivity index (χ1n) is 7.50. The van der Waals surface area contributed by atoms with Crippen molar-refractivity contribution >= 4 is 22.4 Å². The lowest BCUT2D eigenvalue weighted by molar-refractivity contribution is 0.102. The number of aromatic nitrogens is 2. The van der Waals surface area contributed by atoms with Gasteiger partial charge in [-0.25, -0.2) is 0 Å². The summed E-state index contributed by atoms with van der Waals surface area (Å²) in [7, 11) is 1.64. The van der Waals surface area contributed by atoms with Crippen LogP contribution in [0, 0.1) is 0 Å². The average molecular weight is 339 g/mol. The Morgan fingerprint density at radius 2 is 1.79 bits per heavy atom.